The van der Waals surface area contributed by atoms with Gasteiger partial charge in [0.25, 0.3) is 5.91 Å². The van der Waals surface area contributed by atoms with E-state index in [9.17, 15) is 24.0 Å². The second-order valence-electron chi connectivity index (χ2n) is 10.3. The molecule has 2 N–H and O–H groups in total. The van der Waals surface area contributed by atoms with Gasteiger partial charge in [-0.25, -0.2) is 9.69 Å². The molecular weight excluding hydrogens is 698 g/mol. The molecule has 1 aromatic heterocycles. The van der Waals surface area contributed by atoms with Crippen LogP contribution in [0.4, 0.5) is 11.4 Å². The zero-order valence-electron chi connectivity index (χ0n) is 24.4. The molecule has 2 aliphatic rings. The second-order valence-corrected chi connectivity index (χ2v) is 13.4. The van der Waals surface area contributed by atoms with E-state index in [1.54, 1.807) is 73.7 Å². The molecule has 4 aromatic rings. The predicted molar refractivity (Wildman–Crippen MR) is 176 cm³/mol. The van der Waals surface area contributed by atoms with Gasteiger partial charge in [-0.2, -0.15) is 0 Å². The number of rotatable bonds is 9. The number of thioether (sulfide) groups is 1. The standard InChI is InChI=1S/C32H26BrN3O8S2/c1-3-43-31(40)16-4-7-18(8-5-16)34-23(37)15-44-22-13-6-17(33)14-21(22)24-25-27(45-28-26(24)46-32(41)35-28)30(39)36(29(25)38)19-9-11-20(42-2)12-10-19/h4-14,24-25,27H,3,15H2,1-2H3,(H,34,37)(H,35,41)/t24-,25?,27?/m1/s1. The maximum absolute atomic E-state index is 14.1. The first-order valence-corrected chi connectivity index (χ1v) is 16.6. The molecule has 1 fully saturated rings. The van der Waals surface area contributed by atoms with E-state index in [0.29, 0.717) is 48.4 Å². The van der Waals surface area contributed by atoms with Crippen LogP contribution in [-0.2, 0) is 19.1 Å². The minimum absolute atomic E-state index is 0.253. The first-order chi connectivity index (χ1) is 22.2. The summed E-state index contributed by atoms with van der Waals surface area (Å²) < 4.78 is 16.9. The number of benzene rings is 3. The number of carbonyl (C=O) groups excluding carboxylic acids is 4. The molecule has 0 spiro atoms. The lowest BCUT2D eigenvalue weighted by Gasteiger charge is -2.31. The molecule has 2 aliphatic heterocycles. The lowest BCUT2D eigenvalue weighted by Crippen LogP contribution is -2.32. The Morgan fingerprint density at radius 2 is 1.74 bits per heavy atom. The lowest BCUT2D eigenvalue weighted by atomic mass is 9.82. The van der Waals surface area contributed by atoms with Gasteiger partial charge in [-0.05, 0) is 73.7 Å². The summed E-state index contributed by atoms with van der Waals surface area (Å²) in [5.74, 6) is -2.36. The largest absolute Gasteiger partial charge is 0.497 e. The van der Waals surface area contributed by atoms with Crippen LogP contribution in [0.15, 0.2) is 81.0 Å². The Balaban J connectivity index is 1.28. The SMILES string of the molecule is CCOC(=O)c1ccc(NC(=O)COc2ccc(Br)cc2[C@H]2c3sc(=O)[nH]c3SC3C(=O)N(c4ccc(OC)cc4)C(=O)C32)cc1. The van der Waals surface area contributed by atoms with Gasteiger partial charge in [0.15, 0.2) is 6.61 Å². The van der Waals surface area contributed by atoms with E-state index < -0.39 is 40.8 Å². The zero-order chi connectivity index (χ0) is 32.5. The number of imide groups is 1. The number of halogens is 1. The van der Waals surface area contributed by atoms with Crippen LogP contribution in [0.3, 0.4) is 0 Å². The number of nitrogens with zero attached hydrogens (tertiary/aromatic N) is 1. The van der Waals surface area contributed by atoms with Crippen molar-refractivity contribution in [1.82, 2.24) is 4.98 Å². The topological polar surface area (TPSA) is 144 Å². The first-order valence-electron chi connectivity index (χ1n) is 14.1. The average molecular weight is 725 g/mol. The van der Waals surface area contributed by atoms with E-state index >= 15 is 0 Å². The highest BCUT2D eigenvalue weighted by Crippen LogP contribution is 2.54. The molecule has 0 bridgehead atoms. The van der Waals surface area contributed by atoms with Crippen molar-refractivity contribution in [2.75, 3.05) is 30.5 Å². The van der Waals surface area contributed by atoms with Gasteiger partial charge in [-0.15, -0.1) is 0 Å². The Bertz CT molecular complexity index is 1890. The smallest absolute Gasteiger partial charge is 0.338 e. The number of esters is 1. The Morgan fingerprint density at radius 3 is 2.43 bits per heavy atom. The van der Waals surface area contributed by atoms with Gasteiger partial charge in [0.05, 0.1) is 35.9 Å². The van der Waals surface area contributed by atoms with Gasteiger partial charge >= 0.3 is 10.8 Å². The number of aromatic nitrogens is 1. The van der Waals surface area contributed by atoms with Gasteiger partial charge in [0.1, 0.15) is 16.7 Å². The Hall–Kier alpha value is -4.40. The van der Waals surface area contributed by atoms with Crippen LogP contribution in [0.25, 0.3) is 0 Å². The summed E-state index contributed by atoms with van der Waals surface area (Å²) in [5, 5.41) is 2.46. The molecule has 46 heavy (non-hydrogen) atoms. The molecule has 2 unspecified atom stereocenters. The third-order valence-corrected chi connectivity index (χ3v) is 10.4. The highest BCUT2D eigenvalue weighted by molar-refractivity contribution is 9.10. The second kappa shape index (κ2) is 13.1. The summed E-state index contributed by atoms with van der Waals surface area (Å²) in [5.41, 5.74) is 1.78. The predicted octanol–water partition coefficient (Wildman–Crippen LogP) is 5.20. The van der Waals surface area contributed by atoms with Gasteiger partial charge < -0.3 is 24.5 Å². The molecule has 3 aromatic carbocycles. The van der Waals surface area contributed by atoms with Crippen molar-refractivity contribution in [2.24, 2.45) is 5.92 Å². The Labute approximate surface area is 279 Å². The molecule has 14 heteroatoms. The summed E-state index contributed by atoms with van der Waals surface area (Å²) in [6, 6.07) is 18.1. The van der Waals surface area contributed by atoms with E-state index in [4.69, 9.17) is 14.2 Å². The van der Waals surface area contributed by atoms with Crippen LogP contribution in [0.2, 0.25) is 0 Å². The molecule has 3 heterocycles. The molecule has 3 atom stereocenters. The molecule has 1 saturated heterocycles. The van der Waals surface area contributed by atoms with Gasteiger partial charge in [-0.3, -0.25) is 19.2 Å². The van der Waals surface area contributed by atoms with Crippen LogP contribution >= 0.6 is 39.0 Å². The molecule has 0 radical (unpaired) electrons. The summed E-state index contributed by atoms with van der Waals surface area (Å²) in [7, 11) is 1.53. The number of H-pyrrole nitrogens is 1. The fourth-order valence-electron chi connectivity index (χ4n) is 5.48. The maximum atomic E-state index is 14.1. The molecule has 11 nitrogen and oxygen atoms in total. The summed E-state index contributed by atoms with van der Waals surface area (Å²) >= 11 is 5.66. The van der Waals surface area contributed by atoms with Crippen molar-refractivity contribution in [3.05, 3.63) is 96.9 Å². The minimum atomic E-state index is -0.845. The number of fused-ring (bicyclic) bond motifs is 2. The number of anilines is 2. The molecule has 3 amide bonds. The highest BCUT2D eigenvalue weighted by Gasteiger charge is 2.56. The Kier molecular flexibility index (Phi) is 9.02. The minimum Gasteiger partial charge on any atom is -0.497 e. The Morgan fingerprint density at radius 1 is 1.00 bits per heavy atom. The number of aromatic amines is 1. The van der Waals surface area contributed by atoms with Crippen molar-refractivity contribution in [3.8, 4) is 11.5 Å². The van der Waals surface area contributed by atoms with Crippen molar-refractivity contribution < 1.29 is 33.4 Å². The quantitative estimate of drug-likeness (QED) is 0.176. The molecule has 236 valence electrons. The third kappa shape index (κ3) is 6.07. The maximum Gasteiger partial charge on any atom is 0.338 e. The monoisotopic (exact) mass is 723 g/mol. The number of nitrogens with one attached hydrogen (secondary N) is 2. The molecular formula is C32H26BrN3O8S2. The van der Waals surface area contributed by atoms with E-state index in [1.807, 2.05) is 0 Å². The van der Waals surface area contributed by atoms with E-state index in [0.717, 1.165) is 11.3 Å². The van der Waals surface area contributed by atoms with Gasteiger partial charge in [0.2, 0.25) is 11.8 Å². The fourth-order valence-corrected chi connectivity index (χ4v) is 8.36. The fraction of sp³-hybridized carbons (Fsp3) is 0.219. The van der Waals surface area contributed by atoms with Crippen LogP contribution in [0, 0.1) is 5.92 Å². The number of amides is 3. The highest BCUT2D eigenvalue weighted by atomic mass is 79.9. The number of ether oxygens (including phenoxy) is 3. The normalized spacial score (nSPS) is 18.5. The van der Waals surface area contributed by atoms with E-state index in [2.05, 4.69) is 26.2 Å². The summed E-state index contributed by atoms with van der Waals surface area (Å²) in [6.07, 6.45) is 0. The van der Waals surface area contributed by atoms with Crippen molar-refractivity contribution in [1.29, 1.82) is 0 Å². The van der Waals surface area contributed by atoms with Gasteiger partial charge in [-0.1, -0.05) is 39.0 Å². The zero-order valence-corrected chi connectivity index (χ0v) is 27.6. The number of methoxy groups -OCH3 is 1. The van der Waals surface area contributed by atoms with Crippen LogP contribution in [-0.4, -0.2) is 54.2 Å². The van der Waals surface area contributed by atoms with Crippen LogP contribution < -0.4 is 24.6 Å². The number of hydrogen-bond acceptors (Lipinski definition) is 10. The average Bonchev–Trinajstić information content (AvgIpc) is 3.54. The number of carbonyl (C=O) groups is 4. The van der Waals surface area contributed by atoms with E-state index in [1.165, 1.54) is 23.8 Å². The number of thiazole rings is 1. The van der Waals surface area contributed by atoms with Gasteiger partial charge in [0, 0.05) is 26.5 Å². The lowest BCUT2D eigenvalue weighted by molar-refractivity contribution is -0.122. The van der Waals surface area contributed by atoms with E-state index in [-0.39, 0.29) is 18.1 Å². The van der Waals surface area contributed by atoms with Crippen LogP contribution in [0.5, 0.6) is 11.5 Å². The van der Waals surface area contributed by atoms with Crippen LogP contribution in [0.1, 0.15) is 33.6 Å². The summed E-state index contributed by atoms with van der Waals surface area (Å²) in [4.78, 5) is 69.5. The van der Waals surface area contributed by atoms with Crippen molar-refractivity contribution >= 4 is 74.1 Å². The third-order valence-electron chi connectivity index (χ3n) is 7.50. The van der Waals surface area contributed by atoms with Crippen molar-refractivity contribution in [3.63, 3.8) is 0 Å². The van der Waals surface area contributed by atoms with Crippen molar-refractivity contribution in [2.45, 2.75) is 23.1 Å². The molecule has 0 saturated carbocycles. The number of hydrogen-bond donors (Lipinski definition) is 2. The first kappa shape index (κ1) is 31.6. The summed E-state index contributed by atoms with van der Waals surface area (Å²) in [6.45, 7) is 1.60. The molecule has 6 rings (SSSR count). The molecule has 0 aliphatic carbocycles.